The van der Waals surface area contributed by atoms with Gasteiger partial charge in [-0.3, -0.25) is 10.2 Å². The number of hydrogen-bond acceptors (Lipinski definition) is 7. The molecule has 8 nitrogen and oxygen atoms in total. The van der Waals surface area contributed by atoms with Crippen LogP contribution < -0.4 is 16.5 Å². The molecule has 1 spiro atoms. The molecule has 0 aromatic heterocycles. The van der Waals surface area contributed by atoms with E-state index >= 15 is 0 Å². The molecule has 2 heterocycles. The van der Waals surface area contributed by atoms with E-state index in [4.69, 9.17) is 19.9 Å². The molecule has 53 heavy (non-hydrogen) atoms. The first-order chi connectivity index (χ1) is 24.6. The van der Waals surface area contributed by atoms with Crippen molar-refractivity contribution in [3.8, 4) is 0 Å². The fourth-order valence-electron chi connectivity index (χ4n) is 11.9. The van der Waals surface area contributed by atoms with Gasteiger partial charge in [-0.25, -0.2) is 0 Å². The number of fused-ring (bicyclic) bond motifs is 4. The number of carbonyl (C=O) groups is 1. The summed E-state index contributed by atoms with van der Waals surface area (Å²) in [4.78, 5) is 11.1. The zero-order chi connectivity index (χ0) is 39.5. The maximum Gasteiger partial charge on any atom is 0.268 e. The fourth-order valence-corrected chi connectivity index (χ4v) is 11.9. The molecule has 4 aliphatic carbocycles. The lowest BCUT2D eigenvalue weighted by molar-refractivity contribution is -0.305. The quantitative estimate of drug-likeness (QED) is 0.0800. The zero-order valence-corrected chi connectivity index (χ0v) is 35.9. The summed E-state index contributed by atoms with van der Waals surface area (Å²) < 4.78 is 20.3. The second-order valence-corrected chi connectivity index (χ2v) is 19.8. The highest BCUT2D eigenvalue weighted by Crippen LogP contribution is 2.81. The third-order valence-electron chi connectivity index (χ3n) is 16.1. The van der Waals surface area contributed by atoms with Gasteiger partial charge in [0.05, 0.1) is 31.3 Å². The van der Waals surface area contributed by atoms with Crippen molar-refractivity contribution in [3.05, 3.63) is 35.8 Å². The minimum atomic E-state index is -0.327. The van der Waals surface area contributed by atoms with Crippen molar-refractivity contribution >= 4 is 12.1 Å². The van der Waals surface area contributed by atoms with E-state index in [9.17, 15) is 4.79 Å². The molecule has 0 radical (unpaired) electrons. The molecular weight excluding hydrogens is 661 g/mol. The number of hydrazone groups is 1. The second-order valence-electron chi connectivity index (χ2n) is 19.8. The van der Waals surface area contributed by atoms with Crippen molar-refractivity contribution in [2.75, 3.05) is 13.2 Å². The lowest BCUT2D eigenvalue weighted by Gasteiger charge is -2.77. The van der Waals surface area contributed by atoms with Crippen LogP contribution in [-0.2, 0) is 19.0 Å². The monoisotopic (exact) mass is 737 g/mol. The molecule has 4 N–H and O–H groups in total. The molecule has 300 valence electrons. The lowest BCUT2D eigenvalue weighted by Crippen LogP contribution is -2.76. The average molecular weight is 737 g/mol. The number of nitrogens with one attached hydrogen (secondary N) is 2. The van der Waals surface area contributed by atoms with Gasteiger partial charge < -0.3 is 25.3 Å². The van der Waals surface area contributed by atoms with Crippen molar-refractivity contribution in [3.63, 3.8) is 0 Å². The number of carbonyl (C=O) groups excluding carboxylic acids is 1. The van der Waals surface area contributed by atoms with Gasteiger partial charge in [-0.15, -0.1) is 0 Å². The molecule has 0 aromatic carbocycles. The Morgan fingerprint density at radius 1 is 1.15 bits per heavy atom. The van der Waals surface area contributed by atoms with Gasteiger partial charge in [0.2, 0.25) is 0 Å². The second kappa shape index (κ2) is 14.7. The molecule has 6 unspecified atom stereocenters. The first-order valence-electron chi connectivity index (χ1n) is 21.0. The van der Waals surface area contributed by atoms with E-state index in [0.717, 1.165) is 13.0 Å². The molecule has 6 rings (SSSR count). The Morgan fingerprint density at radius 2 is 1.83 bits per heavy atom. The Labute approximate surface area is 323 Å². The standard InChI is InChI=1S/C37H61NO3.C8H15N3O/c1-12-30(40-21-34(10,38)23(4)5)32(8)20-39-25(7)35(11)27-15-16-36-19-28-31(36)37(41-28,24(6)22(2)3)18-17-33(36,9)26(27)13-14-29(32)35;1-5-9-11-7(4)8(12)10-6(2)3/h15,19,22-26,29-31H,12-14,16-18,20-21,38H2,1-11H3;5-6,11H,4H2,1-3H3,(H,10,12)/b;9-5-/t24-,25?,26?,29?,30?,31+,32+,33?,34+,35?,36-,37+;/m1./s1. The number of nitrogens with zero attached hydrogens (tertiary/aromatic N) is 1. The van der Waals surface area contributed by atoms with Crippen molar-refractivity contribution in [1.29, 1.82) is 0 Å². The molecule has 0 bridgehead atoms. The van der Waals surface area contributed by atoms with Crippen LogP contribution in [0.1, 0.15) is 135 Å². The summed E-state index contributed by atoms with van der Waals surface area (Å²) in [6.45, 7) is 36.5. The summed E-state index contributed by atoms with van der Waals surface area (Å²) in [6.07, 6.45) is 14.4. The number of amides is 1. The predicted octanol–water partition coefficient (Wildman–Crippen LogP) is 8.92. The summed E-state index contributed by atoms with van der Waals surface area (Å²) in [5, 5.41) is 6.34. The molecule has 2 saturated carbocycles. The first-order valence-corrected chi connectivity index (χ1v) is 21.0. The van der Waals surface area contributed by atoms with Crippen LogP contribution in [0.25, 0.3) is 0 Å². The van der Waals surface area contributed by atoms with Gasteiger partial charge in [-0.05, 0) is 114 Å². The van der Waals surface area contributed by atoms with Crippen molar-refractivity contribution in [1.82, 2.24) is 10.7 Å². The van der Waals surface area contributed by atoms with Gasteiger partial charge in [-0.1, -0.05) is 80.5 Å². The molecular formula is C45H76N4O4. The van der Waals surface area contributed by atoms with E-state index in [1.54, 1.807) is 18.7 Å². The molecule has 0 aromatic rings. The van der Waals surface area contributed by atoms with Crippen LogP contribution in [0.5, 0.6) is 0 Å². The van der Waals surface area contributed by atoms with Gasteiger partial charge in [0.1, 0.15) is 17.1 Å². The Bertz CT molecular complexity index is 1480. The molecule has 8 heteroatoms. The minimum absolute atomic E-state index is 0.0214. The Hall–Kier alpha value is -2.16. The molecule has 6 aliphatic rings. The number of nitrogens with two attached hydrogens (primary N) is 1. The predicted molar refractivity (Wildman–Crippen MR) is 217 cm³/mol. The van der Waals surface area contributed by atoms with Gasteiger partial charge in [0.15, 0.2) is 0 Å². The lowest BCUT2D eigenvalue weighted by atomic mass is 9.32. The van der Waals surface area contributed by atoms with Gasteiger partial charge in [0.25, 0.3) is 5.91 Å². The van der Waals surface area contributed by atoms with E-state index < -0.39 is 0 Å². The fraction of sp³-hybridized carbons (Fsp3) is 0.822. The Morgan fingerprint density at radius 3 is 2.40 bits per heavy atom. The minimum Gasteiger partial charge on any atom is -0.490 e. The first kappa shape index (κ1) is 42.0. The van der Waals surface area contributed by atoms with Crippen molar-refractivity contribution in [2.45, 2.75) is 165 Å². The third kappa shape index (κ3) is 6.46. The van der Waals surface area contributed by atoms with Crippen LogP contribution in [0.4, 0.5) is 0 Å². The average Bonchev–Trinajstić information content (AvgIpc) is 3.07. The highest BCUT2D eigenvalue weighted by molar-refractivity contribution is 5.92. The largest absolute Gasteiger partial charge is 0.490 e. The van der Waals surface area contributed by atoms with E-state index in [1.165, 1.54) is 37.9 Å². The van der Waals surface area contributed by atoms with E-state index in [0.29, 0.717) is 42.1 Å². The highest BCUT2D eigenvalue weighted by atomic mass is 16.5. The van der Waals surface area contributed by atoms with Crippen LogP contribution in [-0.4, -0.2) is 54.7 Å². The van der Waals surface area contributed by atoms with E-state index in [2.05, 4.69) is 111 Å². The molecule has 1 amide bonds. The van der Waals surface area contributed by atoms with Gasteiger partial charge >= 0.3 is 0 Å². The summed E-state index contributed by atoms with van der Waals surface area (Å²) in [5.41, 5.74) is 11.4. The summed E-state index contributed by atoms with van der Waals surface area (Å²) in [5.74, 6) is 4.47. The Balaban J connectivity index is 0.000000390. The molecule has 4 fully saturated rings. The summed E-state index contributed by atoms with van der Waals surface area (Å²) >= 11 is 0. The highest BCUT2D eigenvalue weighted by Gasteiger charge is 2.78. The summed E-state index contributed by atoms with van der Waals surface area (Å²) in [7, 11) is 0. The molecule has 12 atom stereocenters. The van der Waals surface area contributed by atoms with Gasteiger partial charge in [0, 0.05) is 34.0 Å². The number of rotatable bonds is 12. The zero-order valence-electron chi connectivity index (χ0n) is 35.9. The molecule has 2 aliphatic heterocycles. The topological polar surface area (TPSA) is 107 Å². The number of allylic oxidation sites excluding steroid dienone is 2. The summed E-state index contributed by atoms with van der Waals surface area (Å²) in [6, 6.07) is 0.113. The molecule has 2 saturated heterocycles. The normalized spacial score (nSPS) is 40.3. The van der Waals surface area contributed by atoms with Crippen LogP contribution in [0.2, 0.25) is 0 Å². The third-order valence-corrected chi connectivity index (χ3v) is 16.1. The van der Waals surface area contributed by atoms with Crippen LogP contribution in [0.3, 0.4) is 0 Å². The van der Waals surface area contributed by atoms with Crippen molar-refractivity contribution in [2.24, 2.45) is 68.0 Å². The number of ether oxygens (including phenoxy) is 3. The number of hydrogen-bond donors (Lipinski definition) is 3. The maximum atomic E-state index is 11.1. The van der Waals surface area contributed by atoms with Crippen LogP contribution in [0.15, 0.2) is 40.9 Å². The smallest absolute Gasteiger partial charge is 0.268 e. The van der Waals surface area contributed by atoms with Crippen LogP contribution in [0, 0.1) is 57.2 Å². The SMILES string of the molecule is C=C(N/N=C\C)C(=O)NC(C)C.CCC(OC[C@](C)(N)C(C)C)[C@@]1(C)COC(C)C2(C)C3=CC[C@]45C=C6O[C@]([C@H](C)C(C)C)(CCC4(C)C3CCC21)[C@@H]65. The Kier molecular flexibility index (Phi) is 11.7. The van der Waals surface area contributed by atoms with Crippen LogP contribution >= 0.6 is 0 Å². The van der Waals surface area contributed by atoms with Gasteiger partial charge in [-0.2, -0.15) is 5.10 Å². The maximum absolute atomic E-state index is 11.1. The van der Waals surface area contributed by atoms with E-state index in [1.807, 2.05) is 13.8 Å². The van der Waals surface area contributed by atoms with E-state index in [-0.39, 0.29) is 62.7 Å². The van der Waals surface area contributed by atoms with Crippen molar-refractivity contribution < 1.29 is 19.0 Å².